The highest BCUT2D eigenvalue weighted by Crippen LogP contribution is 2.39. The number of ether oxygens (including phenoxy) is 1. The summed E-state index contributed by atoms with van der Waals surface area (Å²) in [5.41, 5.74) is 5.03. The lowest BCUT2D eigenvalue weighted by molar-refractivity contribution is -0.113. The molecule has 6 nitrogen and oxygen atoms in total. The van der Waals surface area contributed by atoms with E-state index in [4.69, 9.17) is 9.72 Å². The van der Waals surface area contributed by atoms with Crippen molar-refractivity contribution < 1.29 is 9.53 Å². The minimum atomic E-state index is -0.336. The number of hydrogen-bond donors (Lipinski definition) is 2. The number of aromatic nitrogens is 2. The molecule has 0 bridgehead atoms. The van der Waals surface area contributed by atoms with Gasteiger partial charge in [-0.15, -0.1) is 0 Å². The largest absolute Gasteiger partial charge is 0.494 e. The second-order valence-corrected chi connectivity index (χ2v) is 8.45. The quantitative estimate of drug-likeness (QED) is 0.330. The van der Waals surface area contributed by atoms with E-state index in [1.54, 1.807) is 0 Å². The summed E-state index contributed by atoms with van der Waals surface area (Å²) in [6.07, 6.45) is 2.11. The van der Waals surface area contributed by atoms with Crippen LogP contribution in [0.4, 0.5) is 11.6 Å². The molecule has 0 aliphatic carbocycles. The Morgan fingerprint density at radius 3 is 2.53 bits per heavy atom. The van der Waals surface area contributed by atoms with Gasteiger partial charge in [-0.2, -0.15) is 0 Å². The molecule has 0 spiro atoms. The van der Waals surface area contributed by atoms with Crippen LogP contribution in [0.1, 0.15) is 38.3 Å². The zero-order valence-corrected chi connectivity index (χ0v) is 19.4. The topological polar surface area (TPSA) is 68.2 Å². The van der Waals surface area contributed by atoms with Crippen LogP contribution < -0.4 is 15.4 Å². The van der Waals surface area contributed by atoms with Crippen LogP contribution in [0.2, 0.25) is 0 Å². The number of nitrogens with one attached hydrogen (secondary N) is 2. The Hall–Kier alpha value is -4.06. The third kappa shape index (κ3) is 4.15. The molecule has 2 N–H and O–H groups in total. The van der Waals surface area contributed by atoms with Crippen molar-refractivity contribution in [2.45, 2.75) is 32.7 Å². The average molecular weight is 453 g/mol. The first-order valence-corrected chi connectivity index (χ1v) is 11.7. The molecule has 172 valence electrons. The molecular formula is C28H28N4O2. The summed E-state index contributed by atoms with van der Waals surface area (Å²) in [5.74, 6) is 1.41. The Balaban J connectivity index is 1.57. The summed E-state index contributed by atoms with van der Waals surface area (Å²) in [7, 11) is 0. The summed E-state index contributed by atoms with van der Waals surface area (Å²) in [6, 6.07) is 25.2. The number of fused-ring (bicyclic) bond motifs is 3. The highest BCUT2D eigenvalue weighted by molar-refractivity contribution is 6.06. The van der Waals surface area contributed by atoms with Crippen molar-refractivity contribution in [1.29, 1.82) is 0 Å². The molecule has 4 aromatic rings. The van der Waals surface area contributed by atoms with Crippen LogP contribution in [0.5, 0.6) is 5.75 Å². The number of allylic oxidation sites excluding steroid dienone is 1. The molecule has 0 unspecified atom stereocenters. The molecule has 1 aliphatic heterocycles. The Bertz CT molecular complexity index is 1340. The number of carbonyl (C=O) groups excluding carboxylic acids is 1. The van der Waals surface area contributed by atoms with Gasteiger partial charge in [-0.05, 0) is 55.3 Å². The number of amides is 1. The number of rotatable bonds is 7. The van der Waals surface area contributed by atoms with E-state index < -0.39 is 0 Å². The van der Waals surface area contributed by atoms with E-state index in [9.17, 15) is 4.79 Å². The molecule has 0 radical (unpaired) electrons. The maximum atomic E-state index is 13.6. The van der Waals surface area contributed by atoms with Crippen LogP contribution in [0, 0.1) is 0 Å². The fourth-order valence-electron chi connectivity index (χ4n) is 4.37. The van der Waals surface area contributed by atoms with Gasteiger partial charge in [0, 0.05) is 11.4 Å². The number of unbranched alkanes of at least 4 members (excludes halogenated alkanes) is 1. The number of hydrogen-bond acceptors (Lipinski definition) is 4. The number of nitrogens with zero attached hydrogens (tertiary/aromatic N) is 2. The zero-order chi connectivity index (χ0) is 23.5. The monoisotopic (exact) mass is 452 g/mol. The second kappa shape index (κ2) is 9.43. The lowest BCUT2D eigenvalue weighted by atomic mass is 9.94. The van der Waals surface area contributed by atoms with Crippen molar-refractivity contribution in [3.63, 3.8) is 0 Å². The molecule has 3 aromatic carbocycles. The smallest absolute Gasteiger partial charge is 0.255 e. The van der Waals surface area contributed by atoms with Crippen molar-refractivity contribution in [3.05, 3.63) is 95.7 Å². The summed E-state index contributed by atoms with van der Waals surface area (Å²) in [6.45, 7) is 4.77. The standard InChI is InChI=1S/C28H28N4O2/c1-3-4-18-34-22-16-14-20(15-17-22)26-25(27(33)30-21-10-6-5-7-11-21)19(2)29-28-31-23-12-8-9-13-24(23)32(26)28/h5-17,26H,3-4,18H2,1-2H3,(H,29,31)(H,30,33)/t26-/m1/s1. The summed E-state index contributed by atoms with van der Waals surface area (Å²) < 4.78 is 7.97. The Kier molecular flexibility index (Phi) is 6.04. The first-order chi connectivity index (χ1) is 16.7. The lowest BCUT2D eigenvalue weighted by Gasteiger charge is -2.30. The minimum Gasteiger partial charge on any atom is -0.494 e. The molecule has 1 aliphatic rings. The highest BCUT2D eigenvalue weighted by Gasteiger charge is 2.34. The van der Waals surface area contributed by atoms with Gasteiger partial charge in [-0.1, -0.05) is 55.8 Å². The Morgan fingerprint density at radius 2 is 1.76 bits per heavy atom. The van der Waals surface area contributed by atoms with Gasteiger partial charge < -0.3 is 15.4 Å². The van der Waals surface area contributed by atoms with E-state index >= 15 is 0 Å². The number of anilines is 2. The van der Waals surface area contributed by atoms with Crippen LogP contribution in [-0.2, 0) is 4.79 Å². The van der Waals surface area contributed by atoms with Gasteiger partial charge in [-0.3, -0.25) is 9.36 Å². The molecule has 1 atom stereocenters. The third-order valence-electron chi connectivity index (χ3n) is 6.07. The fraction of sp³-hybridized carbons (Fsp3) is 0.214. The van der Waals surface area contributed by atoms with Gasteiger partial charge >= 0.3 is 0 Å². The molecule has 2 heterocycles. The number of carbonyl (C=O) groups is 1. The predicted octanol–water partition coefficient (Wildman–Crippen LogP) is 6.14. The van der Waals surface area contributed by atoms with Gasteiger partial charge in [0.1, 0.15) is 5.75 Å². The maximum absolute atomic E-state index is 13.6. The van der Waals surface area contributed by atoms with Crippen LogP contribution in [0.25, 0.3) is 11.0 Å². The average Bonchev–Trinajstić information content (AvgIpc) is 3.22. The van der Waals surface area contributed by atoms with Crippen molar-refractivity contribution in [3.8, 4) is 5.75 Å². The molecule has 1 amide bonds. The molecule has 34 heavy (non-hydrogen) atoms. The zero-order valence-electron chi connectivity index (χ0n) is 19.4. The predicted molar refractivity (Wildman–Crippen MR) is 136 cm³/mol. The molecular weight excluding hydrogens is 424 g/mol. The second-order valence-electron chi connectivity index (χ2n) is 8.45. The highest BCUT2D eigenvalue weighted by atomic mass is 16.5. The van der Waals surface area contributed by atoms with Crippen molar-refractivity contribution >= 4 is 28.6 Å². The van der Waals surface area contributed by atoms with E-state index in [1.165, 1.54) is 0 Å². The summed E-state index contributed by atoms with van der Waals surface area (Å²) in [4.78, 5) is 18.4. The van der Waals surface area contributed by atoms with Crippen LogP contribution in [-0.4, -0.2) is 22.1 Å². The van der Waals surface area contributed by atoms with Gasteiger partial charge in [-0.25, -0.2) is 4.98 Å². The van der Waals surface area contributed by atoms with Crippen molar-refractivity contribution in [2.75, 3.05) is 17.2 Å². The third-order valence-corrected chi connectivity index (χ3v) is 6.07. The maximum Gasteiger partial charge on any atom is 0.255 e. The molecule has 0 saturated carbocycles. The molecule has 5 rings (SSSR count). The first kappa shape index (κ1) is 21.8. The first-order valence-electron chi connectivity index (χ1n) is 11.7. The Morgan fingerprint density at radius 1 is 1.03 bits per heavy atom. The molecule has 6 heteroatoms. The summed E-state index contributed by atoms with van der Waals surface area (Å²) in [5, 5.41) is 6.42. The molecule has 0 fully saturated rings. The van der Waals surface area contributed by atoms with E-state index in [0.29, 0.717) is 12.2 Å². The van der Waals surface area contributed by atoms with E-state index in [0.717, 1.165) is 52.5 Å². The number of para-hydroxylation sites is 3. The van der Waals surface area contributed by atoms with E-state index in [-0.39, 0.29) is 11.9 Å². The SMILES string of the molecule is CCCCOc1ccc([C@@H]2C(C(=O)Nc3ccccc3)=C(C)Nc3nc4ccccc4n32)cc1. The van der Waals surface area contributed by atoms with Gasteiger partial charge in [0.2, 0.25) is 5.95 Å². The van der Waals surface area contributed by atoms with E-state index in [1.807, 2.05) is 85.8 Å². The van der Waals surface area contributed by atoms with Gasteiger partial charge in [0.25, 0.3) is 5.91 Å². The van der Waals surface area contributed by atoms with Crippen LogP contribution in [0.3, 0.4) is 0 Å². The summed E-state index contributed by atoms with van der Waals surface area (Å²) >= 11 is 0. The number of benzene rings is 3. The molecule has 0 saturated heterocycles. The Labute approximate surface area is 199 Å². The van der Waals surface area contributed by atoms with Crippen molar-refractivity contribution in [1.82, 2.24) is 9.55 Å². The minimum absolute atomic E-state index is 0.145. The number of imidazole rings is 1. The van der Waals surface area contributed by atoms with Crippen molar-refractivity contribution in [2.24, 2.45) is 0 Å². The van der Waals surface area contributed by atoms with E-state index in [2.05, 4.69) is 22.1 Å². The van der Waals surface area contributed by atoms with Gasteiger partial charge in [0.05, 0.1) is 29.3 Å². The molecule has 1 aromatic heterocycles. The van der Waals surface area contributed by atoms with Gasteiger partial charge in [0.15, 0.2) is 0 Å². The normalized spacial score (nSPS) is 15.1. The fourth-order valence-corrected chi connectivity index (χ4v) is 4.37. The lowest BCUT2D eigenvalue weighted by Crippen LogP contribution is -2.30. The van der Waals surface area contributed by atoms with Crippen LogP contribution in [0.15, 0.2) is 90.1 Å². The van der Waals surface area contributed by atoms with Crippen LogP contribution >= 0.6 is 0 Å².